The summed E-state index contributed by atoms with van der Waals surface area (Å²) < 4.78 is 7.75. The van der Waals surface area contributed by atoms with E-state index in [1.54, 1.807) is 11.6 Å². The summed E-state index contributed by atoms with van der Waals surface area (Å²) >= 11 is 5.96. The summed E-state index contributed by atoms with van der Waals surface area (Å²) in [4.78, 5) is 16.1. The van der Waals surface area contributed by atoms with Gasteiger partial charge >= 0.3 is 6.01 Å². The van der Waals surface area contributed by atoms with E-state index in [9.17, 15) is 4.79 Å². The van der Waals surface area contributed by atoms with E-state index >= 15 is 0 Å². The molecule has 1 N–H and O–H groups in total. The largest absolute Gasteiger partial charge is 0.425 e. The molecule has 0 spiro atoms. The van der Waals surface area contributed by atoms with Crippen LogP contribution < -0.4 is 10.1 Å². The van der Waals surface area contributed by atoms with E-state index < -0.39 is 0 Å². The number of hydrogen-bond donors (Lipinski definition) is 1. The Balaban J connectivity index is 1.98. The summed E-state index contributed by atoms with van der Waals surface area (Å²) in [7, 11) is 1.73. The van der Waals surface area contributed by atoms with Crippen molar-refractivity contribution >= 4 is 23.7 Å². The molecule has 3 aromatic rings. The first-order valence-corrected chi connectivity index (χ1v) is 8.77. The molecule has 0 saturated carbocycles. The Hall–Kier alpha value is -2.79. The number of aldehydes is 1. The molecular weight excluding hydrogens is 350 g/mol. The molecule has 1 heterocycles. The van der Waals surface area contributed by atoms with Crippen LogP contribution in [0.1, 0.15) is 28.5 Å². The zero-order chi connectivity index (χ0) is 18.5. The molecule has 134 valence electrons. The van der Waals surface area contributed by atoms with Crippen LogP contribution in [0.5, 0.6) is 11.8 Å². The summed E-state index contributed by atoms with van der Waals surface area (Å²) in [5.74, 6) is 1.17. The number of rotatable bonds is 7. The van der Waals surface area contributed by atoms with Crippen molar-refractivity contribution in [3.63, 3.8) is 0 Å². The highest BCUT2D eigenvalue weighted by molar-refractivity contribution is 6.30. The number of hydrogen-bond acceptors (Lipinski definition) is 4. The molecule has 3 rings (SSSR count). The molecule has 5 nitrogen and oxygen atoms in total. The first-order chi connectivity index (χ1) is 12.6. The van der Waals surface area contributed by atoms with Crippen LogP contribution in [0, 0.1) is 0 Å². The van der Waals surface area contributed by atoms with Crippen molar-refractivity contribution in [3.8, 4) is 11.8 Å². The smallest absolute Gasteiger partial charge is 0.304 e. The van der Waals surface area contributed by atoms with Gasteiger partial charge in [-0.2, -0.15) is 4.98 Å². The van der Waals surface area contributed by atoms with E-state index in [2.05, 4.69) is 17.2 Å². The molecule has 26 heavy (non-hydrogen) atoms. The molecule has 0 atom stereocenters. The summed E-state index contributed by atoms with van der Waals surface area (Å²) in [5, 5.41) is 3.61. The molecule has 1 aromatic heterocycles. The lowest BCUT2D eigenvalue weighted by atomic mass is 10.2. The summed E-state index contributed by atoms with van der Waals surface area (Å²) in [5.41, 5.74) is 2.59. The first kappa shape index (κ1) is 18.0. The lowest BCUT2D eigenvalue weighted by molar-refractivity contribution is 0.111. The van der Waals surface area contributed by atoms with E-state index in [-0.39, 0.29) is 0 Å². The Labute approximate surface area is 157 Å². The van der Waals surface area contributed by atoms with Gasteiger partial charge in [0.1, 0.15) is 11.4 Å². The number of aryl methyl sites for hydroxylation is 1. The van der Waals surface area contributed by atoms with Gasteiger partial charge in [0.05, 0.1) is 6.54 Å². The predicted octanol–water partition coefficient (Wildman–Crippen LogP) is 4.79. The number of carbonyl (C=O) groups is 1. The minimum Gasteiger partial charge on any atom is -0.425 e. The minimum absolute atomic E-state index is 0.361. The van der Waals surface area contributed by atoms with Gasteiger partial charge in [0, 0.05) is 12.1 Å². The average molecular weight is 370 g/mol. The topological polar surface area (TPSA) is 56.1 Å². The minimum atomic E-state index is 0.361. The predicted molar refractivity (Wildman–Crippen MR) is 104 cm³/mol. The number of benzene rings is 2. The number of nitrogens with zero attached hydrogens (tertiary/aromatic N) is 2. The number of ether oxygens (including phenoxy) is 1. The van der Waals surface area contributed by atoms with Crippen molar-refractivity contribution in [1.29, 1.82) is 0 Å². The van der Waals surface area contributed by atoms with Gasteiger partial charge in [-0.1, -0.05) is 42.8 Å². The molecule has 2 aromatic carbocycles. The van der Waals surface area contributed by atoms with Crippen LogP contribution in [0.3, 0.4) is 0 Å². The molecule has 0 bridgehead atoms. The Kier molecular flexibility index (Phi) is 5.58. The molecule has 0 amide bonds. The molecule has 6 heteroatoms. The lowest BCUT2D eigenvalue weighted by Gasteiger charge is -2.11. The molecule has 0 aliphatic rings. The number of anilines is 1. The highest BCUT2D eigenvalue weighted by Crippen LogP contribution is 2.28. The maximum absolute atomic E-state index is 11.6. The van der Waals surface area contributed by atoms with Crippen molar-refractivity contribution in [3.05, 3.63) is 70.4 Å². The van der Waals surface area contributed by atoms with Gasteiger partial charge in [0.2, 0.25) is 0 Å². The zero-order valence-corrected chi connectivity index (χ0v) is 15.5. The normalized spacial score (nSPS) is 10.6. The van der Waals surface area contributed by atoms with Crippen LogP contribution in [0.25, 0.3) is 0 Å². The van der Waals surface area contributed by atoms with Gasteiger partial charge in [-0.3, -0.25) is 9.36 Å². The molecule has 0 radical (unpaired) electrons. The highest BCUT2D eigenvalue weighted by Gasteiger charge is 2.18. The van der Waals surface area contributed by atoms with Crippen LogP contribution >= 0.6 is 11.6 Å². The molecule has 0 unspecified atom stereocenters. The molecular formula is C20H20ClN3O2. The lowest BCUT2D eigenvalue weighted by Crippen LogP contribution is -2.07. The Bertz CT molecular complexity index is 904. The summed E-state index contributed by atoms with van der Waals surface area (Å²) in [6.07, 6.45) is 1.70. The van der Waals surface area contributed by atoms with Crippen LogP contribution in [0.15, 0.2) is 48.5 Å². The number of halogens is 1. The second kappa shape index (κ2) is 8.06. The quantitative estimate of drug-likeness (QED) is 0.608. The van der Waals surface area contributed by atoms with Crippen molar-refractivity contribution in [1.82, 2.24) is 9.55 Å². The van der Waals surface area contributed by atoms with E-state index in [1.807, 2.05) is 48.5 Å². The third-order valence-corrected chi connectivity index (χ3v) is 4.34. The van der Waals surface area contributed by atoms with Crippen molar-refractivity contribution in [2.24, 2.45) is 0 Å². The van der Waals surface area contributed by atoms with Gasteiger partial charge in [-0.05, 0) is 41.8 Å². The van der Waals surface area contributed by atoms with Crippen LogP contribution in [-0.4, -0.2) is 22.9 Å². The zero-order valence-electron chi connectivity index (χ0n) is 14.7. The highest BCUT2D eigenvalue weighted by atomic mass is 35.5. The monoisotopic (exact) mass is 369 g/mol. The number of aromatic nitrogens is 2. The number of carbonyl (C=O) groups excluding carboxylic acids is 1. The second-order valence-corrected chi connectivity index (χ2v) is 6.25. The van der Waals surface area contributed by atoms with E-state index in [0.29, 0.717) is 34.8 Å². The first-order valence-electron chi connectivity index (χ1n) is 8.39. The van der Waals surface area contributed by atoms with Gasteiger partial charge in [0.25, 0.3) is 0 Å². The average Bonchev–Trinajstić information content (AvgIpc) is 3.00. The maximum Gasteiger partial charge on any atom is 0.304 e. The third-order valence-electron chi connectivity index (χ3n) is 4.09. The SMILES string of the molecule is CCc1cccc(Oc2nc(NC)c(C=O)n2Cc2ccc(Cl)cc2)c1. The molecule has 0 aliphatic heterocycles. The van der Waals surface area contributed by atoms with E-state index in [1.165, 1.54) is 5.56 Å². The van der Waals surface area contributed by atoms with Gasteiger partial charge < -0.3 is 10.1 Å². The maximum atomic E-state index is 11.6. The van der Waals surface area contributed by atoms with Gasteiger partial charge in [0.15, 0.2) is 12.1 Å². The fourth-order valence-corrected chi connectivity index (χ4v) is 2.81. The van der Waals surface area contributed by atoms with Crippen molar-refractivity contribution < 1.29 is 9.53 Å². The van der Waals surface area contributed by atoms with Crippen molar-refractivity contribution in [2.45, 2.75) is 19.9 Å². The number of nitrogens with one attached hydrogen (secondary N) is 1. The molecule has 0 fully saturated rings. The van der Waals surface area contributed by atoms with Crippen LogP contribution in [0.4, 0.5) is 5.82 Å². The second-order valence-electron chi connectivity index (χ2n) is 5.81. The number of imidazole rings is 1. The third kappa shape index (κ3) is 3.89. The van der Waals surface area contributed by atoms with Crippen LogP contribution in [-0.2, 0) is 13.0 Å². The summed E-state index contributed by atoms with van der Waals surface area (Å²) in [6.45, 7) is 2.53. The Morgan fingerprint density at radius 3 is 2.62 bits per heavy atom. The van der Waals surface area contributed by atoms with Gasteiger partial charge in [-0.15, -0.1) is 0 Å². The fourth-order valence-electron chi connectivity index (χ4n) is 2.68. The standard InChI is InChI=1S/C20H20ClN3O2/c1-3-14-5-4-6-17(11-14)26-20-23-19(22-2)18(13-25)24(20)12-15-7-9-16(21)10-8-15/h4-11,13,22H,3,12H2,1-2H3. The van der Waals surface area contributed by atoms with Crippen molar-refractivity contribution in [2.75, 3.05) is 12.4 Å². The molecule has 0 saturated heterocycles. The Morgan fingerprint density at radius 2 is 1.96 bits per heavy atom. The van der Waals surface area contributed by atoms with Crippen LogP contribution in [0.2, 0.25) is 5.02 Å². The Morgan fingerprint density at radius 1 is 1.19 bits per heavy atom. The van der Waals surface area contributed by atoms with E-state index in [4.69, 9.17) is 16.3 Å². The van der Waals surface area contributed by atoms with E-state index in [0.717, 1.165) is 18.3 Å². The summed E-state index contributed by atoms with van der Waals surface area (Å²) in [6, 6.07) is 15.7. The molecule has 0 aliphatic carbocycles. The fraction of sp³-hybridized carbons (Fsp3) is 0.200. The van der Waals surface area contributed by atoms with Gasteiger partial charge in [-0.25, -0.2) is 0 Å².